The summed E-state index contributed by atoms with van der Waals surface area (Å²) >= 11 is 0. The van der Waals surface area contributed by atoms with Gasteiger partial charge < -0.3 is 10.2 Å². The predicted molar refractivity (Wildman–Crippen MR) is 132 cm³/mol. The van der Waals surface area contributed by atoms with E-state index in [0.717, 1.165) is 69.1 Å². The first-order valence-electron chi connectivity index (χ1n) is 12.6. The van der Waals surface area contributed by atoms with Gasteiger partial charge in [-0.15, -0.1) is 0 Å². The first-order chi connectivity index (χ1) is 17.4. The molecule has 0 bridgehead atoms. The number of anilines is 2. The molecule has 10 heteroatoms. The summed E-state index contributed by atoms with van der Waals surface area (Å²) in [6.07, 6.45) is 6.64. The molecule has 1 saturated carbocycles. The fourth-order valence-corrected chi connectivity index (χ4v) is 5.59. The highest BCUT2D eigenvalue weighted by Crippen LogP contribution is 2.39. The van der Waals surface area contributed by atoms with E-state index >= 15 is 4.39 Å². The number of benzene rings is 1. The molecule has 1 aliphatic carbocycles. The first kappa shape index (κ1) is 24.6. The molecular formula is C26H30F4N6. The van der Waals surface area contributed by atoms with Crippen molar-refractivity contribution in [2.24, 2.45) is 22.0 Å². The zero-order chi connectivity index (χ0) is 25.1. The molecule has 1 atom stereocenters. The van der Waals surface area contributed by atoms with Gasteiger partial charge in [0.05, 0.1) is 11.6 Å². The molecule has 1 N–H and O–H groups in total. The molecule has 0 amide bonds. The Bertz CT molecular complexity index is 1110. The predicted octanol–water partition coefficient (Wildman–Crippen LogP) is 6.41. The summed E-state index contributed by atoms with van der Waals surface area (Å²) in [4.78, 5) is 10.2. The maximum absolute atomic E-state index is 15.5. The maximum atomic E-state index is 15.5. The lowest BCUT2D eigenvalue weighted by Gasteiger charge is -2.29. The quantitative estimate of drug-likeness (QED) is 0.444. The smallest absolute Gasteiger partial charge is 0.367 e. The summed E-state index contributed by atoms with van der Waals surface area (Å²) in [6.45, 7) is 1.23. The highest BCUT2D eigenvalue weighted by atomic mass is 19.4. The van der Waals surface area contributed by atoms with Gasteiger partial charge in [-0.2, -0.15) is 27.8 Å². The molecule has 6 nitrogen and oxygen atoms in total. The van der Waals surface area contributed by atoms with Crippen LogP contribution in [0.15, 0.2) is 40.8 Å². The summed E-state index contributed by atoms with van der Waals surface area (Å²) in [6, 6.07) is 4.90. The fourth-order valence-electron chi connectivity index (χ4n) is 5.59. The maximum Gasteiger partial charge on any atom is 0.416 e. The van der Waals surface area contributed by atoms with Crippen LogP contribution in [0.25, 0.3) is 0 Å². The second-order valence-electron chi connectivity index (χ2n) is 9.97. The van der Waals surface area contributed by atoms with Gasteiger partial charge in [0.25, 0.3) is 0 Å². The van der Waals surface area contributed by atoms with E-state index in [1.54, 1.807) is 0 Å². The van der Waals surface area contributed by atoms with Crippen molar-refractivity contribution in [3.8, 4) is 0 Å². The number of nitrogens with zero attached hydrogens (tertiary/aromatic N) is 5. The number of hydrogen-bond donors (Lipinski definition) is 1. The van der Waals surface area contributed by atoms with Crippen molar-refractivity contribution >= 4 is 23.6 Å². The zero-order valence-electron chi connectivity index (χ0n) is 20.0. The average Bonchev–Trinajstić information content (AvgIpc) is 3.56. The van der Waals surface area contributed by atoms with Crippen molar-refractivity contribution in [2.75, 3.05) is 23.3 Å². The summed E-state index contributed by atoms with van der Waals surface area (Å²) < 4.78 is 54.3. The van der Waals surface area contributed by atoms with E-state index in [9.17, 15) is 13.2 Å². The Morgan fingerprint density at radius 1 is 0.972 bits per heavy atom. The number of alkyl halides is 3. The number of hydrogen-bond acceptors (Lipinski definition) is 6. The molecule has 1 unspecified atom stereocenters. The lowest BCUT2D eigenvalue weighted by atomic mass is 9.79. The van der Waals surface area contributed by atoms with E-state index in [1.165, 1.54) is 24.2 Å². The second kappa shape index (κ2) is 10.5. The Hall–Kier alpha value is -3.04. The Balaban J connectivity index is 1.20. The van der Waals surface area contributed by atoms with Crippen molar-refractivity contribution in [1.29, 1.82) is 0 Å². The van der Waals surface area contributed by atoms with Gasteiger partial charge in [-0.25, -0.2) is 9.97 Å². The van der Waals surface area contributed by atoms with Crippen LogP contribution >= 0.6 is 0 Å². The number of nitrogens with one attached hydrogen (secondary N) is 1. The average molecular weight is 503 g/mol. The van der Waals surface area contributed by atoms with Gasteiger partial charge in [0.15, 0.2) is 11.6 Å². The second-order valence-corrected chi connectivity index (χ2v) is 9.97. The van der Waals surface area contributed by atoms with E-state index in [1.807, 2.05) is 11.1 Å². The van der Waals surface area contributed by atoms with Gasteiger partial charge in [-0.1, -0.05) is 12.1 Å². The van der Waals surface area contributed by atoms with Crippen LogP contribution < -0.4 is 10.2 Å². The van der Waals surface area contributed by atoms with E-state index < -0.39 is 17.6 Å². The van der Waals surface area contributed by atoms with E-state index in [-0.39, 0.29) is 17.7 Å². The minimum absolute atomic E-state index is 0.178. The largest absolute Gasteiger partial charge is 0.416 e. The molecule has 1 aromatic carbocycles. The summed E-state index contributed by atoms with van der Waals surface area (Å²) in [5.74, 6) is 0.953. The van der Waals surface area contributed by atoms with Crippen LogP contribution in [0.1, 0.15) is 68.5 Å². The Kier molecular flexibility index (Phi) is 7.20. The van der Waals surface area contributed by atoms with Gasteiger partial charge in [0.2, 0.25) is 5.82 Å². The SMILES string of the molecule is Fc1c(NCC2CCC(CC3=NN=CC3)CC2)ncnc1N1CCCC1c1ccc(C(F)(F)F)cc1. The van der Waals surface area contributed by atoms with Crippen molar-refractivity contribution in [3.63, 3.8) is 0 Å². The summed E-state index contributed by atoms with van der Waals surface area (Å²) in [5.41, 5.74) is 1.20. The Labute approximate surface area is 207 Å². The lowest BCUT2D eigenvalue weighted by Crippen LogP contribution is -2.26. The van der Waals surface area contributed by atoms with Crippen LogP contribution in [0, 0.1) is 17.7 Å². The number of aromatic nitrogens is 2. The van der Waals surface area contributed by atoms with Crippen LogP contribution in [0.4, 0.5) is 29.2 Å². The van der Waals surface area contributed by atoms with Crippen LogP contribution in [0.5, 0.6) is 0 Å². The van der Waals surface area contributed by atoms with Gasteiger partial charge >= 0.3 is 6.18 Å². The number of rotatable bonds is 7. The monoisotopic (exact) mass is 502 g/mol. The summed E-state index contributed by atoms with van der Waals surface area (Å²) in [5, 5.41) is 11.3. The minimum Gasteiger partial charge on any atom is -0.367 e. The van der Waals surface area contributed by atoms with E-state index in [4.69, 9.17) is 0 Å². The van der Waals surface area contributed by atoms with Gasteiger partial charge in [0.1, 0.15) is 6.33 Å². The molecule has 1 saturated heterocycles. The molecule has 2 aliphatic heterocycles. The lowest BCUT2D eigenvalue weighted by molar-refractivity contribution is -0.137. The molecule has 36 heavy (non-hydrogen) atoms. The third-order valence-corrected chi connectivity index (χ3v) is 7.58. The molecule has 3 heterocycles. The molecular weight excluding hydrogens is 472 g/mol. The number of halogens is 4. The highest BCUT2D eigenvalue weighted by molar-refractivity contribution is 5.98. The normalized spacial score (nSPS) is 24.3. The standard InChI is InChI=1S/C26H30F4N6/c27-23-24(31-15-18-5-3-17(4-6-18)14-21-11-12-34-35-21)32-16-33-25(23)36-13-1-2-22(36)19-7-9-20(10-8-19)26(28,29)30/h7-10,12,16-18,22H,1-6,11,13-15H2,(H,31,32,33). The summed E-state index contributed by atoms with van der Waals surface area (Å²) in [7, 11) is 0. The van der Waals surface area contributed by atoms with Crippen LogP contribution in [-0.4, -0.2) is 35.0 Å². The van der Waals surface area contributed by atoms with Gasteiger partial charge in [0, 0.05) is 31.4 Å². The molecule has 5 rings (SSSR count). The first-order valence-corrected chi connectivity index (χ1v) is 12.6. The fraction of sp³-hybridized carbons (Fsp3) is 0.538. The molecule has 192 valence electrons. The third-order valence-electron chi connectivity index (χ3n) is 7.58. The van der Waals surface area contributed by atoms with E-state index in [0.29, 0.717) is 24.9 Å². The molecule has 0 radical (unpaired) electrons. The van der Waals surface area contributed by atoms with Crippen LogP contribution in [-0.2, 0) is 6.18 Å². The van der Waals surface area contributed by atoms with Crippen molar-refractivity contribution in [1.82, 2.24) is 9.97 Å². The highest BCUT2D eigenvalue weighted by Gasteiger charge is 2.33. The Morgan fingerprint density at radius 3 is 2.42 bits per heavy atom. The molecule has 3 aliphatic rings. The van der Waals surface area contributed by atoms with Crippen molar-refractivity contribution < 1.29 is 17.6 Å². The molecule has 2 fully saturated rings. The van der Waals surface area contributed by atoms with Crippen LogP contribution in [0.3, 0.4) is 0 Å². The third kappa shape index (κ3) is 5.52. The van der Waals surface area contributed by atoms with Crippen molar-refractivity contribution in [2.45, 2.75) is 63.6 Å². The van der Waals surface area contributed by atoms with Crippen LogP contribution in [0.2, 0.25) is 0 Å². The van der Waals surface area contributed by atoms with E-state index in [2.05, 4.69) is 25.5 Å². The van der Waals surface area contributed by atoms with Gasteiger partial charge in [-0.05, 0) is 74.5 Å². The topological polar surface area (TPSA) is 65.8 Å². The zero-order valence-corrected chi connectivity index (χ0v) is 20.0. The Morgan fingerprint density at radius 2 is 1.72 bits per heavy atom. The minimum atomic E-state index is -4.38. The molecule has 0 spiro atoms. The van der Waals surface area contributed by atoms with Crippen molar-refractivity contribution in [3.05, 3.63) is 47.5 Å². The molecule has 2 aromatic rings. The molecule has 1 aromatic heterocycles. The van der Waals surface area contributed by atoms with Gasteiger partial charge in [-0.3, -0.25) is 0 Å².